The van der Waals surface area contributed by atoms with E-state index in [1.165, 1.54) is 32.1 Å². The molecule has 2 heterocycles. The van der Waals surface area contributed by atoms with E-state index in [-0.39, 0.29) is 11.8 Å². The molecule has 150 valence electrons. The standard InChI is InChI=1S/C22H36N4O/c1-3-5-6-18-7-9-19(10-8-18)22(27)24-20-11-12-21(23-17-20)26-15-13-25(4-2)14-16-26/h11-12,17-19H,3-10,13-16H2,1-2H3,(H,24,27). The third-order valence-electron chi connectivity index (χ3n) is 6.34. The van der Waals surface area contributed by atoms with Crippen LogP contribution < -0.4 is 10.2 Å². The summed E-state index contributed by atoms with van der Waals surface area (Å²) in [7, 11) is 0. The Morgan fingerprint density at radius 2 is 1.85 bits per heavy atom. The van der Waals surface area contributed by atoms with Gasteiger partial charge in [0.2, 0.25) is 5.91 Å². The first-order valence-electron chi connectivity index (χ1n) is 10.9. The molecule has 0 aromatic carbocycles. The molecular formula is C22H36N4O. The molecule has 5 nitrogen and oxygen atoms in total. The molecule has 2 aliphatic rings. The van der Waals surface area contributed by atoms with Crippen LogP contribution in [0.5, 0.6) is 0 Å². The Morgan fingerprint density at radius 3 is 2.44 bits per heavy atom. The molecule has 0 atom stereocenters. The fourth-order valence-corrected chi connectivity index (χ4v) is 4.39. The maximum absolute atomic E-state index is 12.6. The van der Waals surface area contributed by atoms with Crippen molar-refractivity contribution >= 4 is 17.4 Å². The number of likely N-dealkylation sites (N-methyl/N-ethyl adjacent to an activating group) is 1. The number of carbonyl (C=O) groups excluding carboxylic acids is 1. The molecule has 5 heteroatoms. The number of hydrogen-bond donors (Lipinski definition) is 1. The van der Waals surface area contributed by atoms with E-state index < -0.39 is 0 Å². The number of nitrogens with zero attached hydrogens (tertiary/aromatic N) is 3. The number of anilines is 2. The Kier molecular flexibility index (Phi) is 7.50. The zero-order valence-corrected chi connectivity index (χ0v) is 17.1. The molecule has 27 heavy (non-hydrogen) atoms. The van der Waals surface area contributed by atoms with Gasteiger partial charge in [-0.15, -0.1) is 0 Å². The highest BCUT2D eigenvalue weighted by Crippen LogP contribution is 2.32. The van der Waals surface area contributed by atoms with Gasteiger partial charge in [-0.3, -0.25) is 4.79 Å². The molecule has 1 saturated heterocycles. The molecule has 1 aromatic rings. The van der Waals surface area contributed by atoms with Crippen molar-refractivity contribution in [3.63, 3.8) is 0 Å². The quantitative estimate of drug-likeness (QED) is 0.781. The largest absolute Gasteiger partial charge is 0.354 e. The number of aromatic nitrogens is 1. The lowest BCUT2D eigenvalue weighted by Gasteiger charge is -2.34. The number of unbranched alkanes of at least 4 members (excludes halogenated alkanes) is 1. The van der Waals surface area contributed by atoms with E-state index in [4.69, 9.17) is 0 Å². The maximum atomic E-state index is 12.6. The maximum Gasteiger partial charge on any atom is 0.227 e. The summed E-state index contributed by atoms with van der Waals surface area (Å²) in [5, 5.41) is 3.09. The highest BCUT2D eigenvalue weighted by Gasteiger charge is 2.26. The highest BCUT2D eigenvalue weighted by molar-refractivity contribution is 5.92. The lowest BCUT2D eigenvalue weighted by Crippen LogP contribution is -2.46. The minimum absolute atomic E-state index is 0.171. The van der Waals surface area contributed by atoms with Crippen molar-refractivity contribution in [3.05, 3.63) is 18.3 Å². The lowest BCUT2D eigenvalue weighted by atomic mass is 9.79. The molecule has 1 aliphatic carbocycles. The van der Waals surface area contributed by atoms with Crippen molar-refractivity contribution in [2.24, 2.45) is 11.8 Å². The van der Waals surface area contributed by atoms with Crippen LogP contribution >= 0.6 is 0 Å². The Balaban J connectivity index is 1.45. The molecule has 1 aromatic heterocycles. The van der Waals surface area contributed by atoms with Gasteiger partial charge >= 0.3 is 0 Å². The normalized spacial score (nSPS) is 24.0. The number of carbonyl (C=O) groups is 1. The van der Waals surface area contributed by atoms with Crippen LogP contribution in [-0.4, -0.2) is 48.5 Å². The van der Waals surface area contributed by atoms with Gasteiger partial charge in [-0.25, -0.2) is 4.98 Å². The predicted octanol–water partition coefficient (Wildman–Crippen LogP) is 4.16. The number of nitrogens with one attached hydrogen (secondary N) is 1. The van der Waals surface area contributed by atoms with Crippen LogP contribution in [0.15, 0.2) is 18.3 Å². The summed E-state index contributed by atoms with van der Waals surface area (Å²) < 4.78 is 0. The zero-order chi connectivity index (χ0) is 19.1. The van der Waals surface area contributed by atoms with Gasteiger partial charge in [-0.1, -0.05) is 33.1 Å². The van der Waals surface area contributed by atoms with Crippen LogP contribution in [0, 0.1) is 11.8 Å². The Labute approximate surface area is 164 Å². The molecule has 2 fully saturated rings. The molecule has 0 radical (unpaired) electrons. The van der Waals surface area contributed by atoms with E-state index in [1.807, 2.05) is 18.3 Å². The average Bonchev–Trinajstić information content (AvgIpc) is 2.73. The monoisotopic (exact) mass is 372 g/mol. The summed E-state index contributed by atoms with van der Waals surface area (Å²) in [4.78, 5) is 22.0. The van der Waals surface area contributed by atoms with Crippen molar-refractivity contribution in [1.82, 2.24) is 9.88 Å². The van der Waals surface area contributed by atoms with Crippen LogP contribution in [0.25, 0.3) is 0 Å². The summed E-state index contributed by atoms with van der Waals surface area (Å²) in [5.74, 6) is 2.20. The summed E-state index contributed by atoms with van der Waals surface area (Å²) in [6.07, 6.45) is 10.2. The second kappa shape index (κ2) is 10.1. The van der Waals surface area contributed by atoms with Gasteiger partial charge in [0.1, 0.15) is 5.82 Å². The van der Waals surface area contributed by atoms with Gasteiger partial charge in [-0.2, -0.15) is 0 Å². The Morgan fingerprint density at radius 1 is 1.11 bits per heavy atom. The van der Waals surface area contributed by atoms with Crippen molar-refractivity contribution in [2.45, 2.75) is 58.8 Å². The minimum Gasteiger partial charge on any atom is -0.354 e. The van der Waals surface area contributed by atoms with E-state index in [0.717, 1.165) is 63.0 Å². The Bertz CT molecular complexity index is 572. The SMILES string of the molecule is CCCCC1CCC(C(=O)Nc2ccc(N3CCN(CC)CC3)nc2)CC1. The van der Waals surface area contributed by atoms with Gasteiger partial charge in [-0.05, 0) is 50.3 Å². The molecule has 1 N–H and O–H groups in total. The molecule has 3 rings (SSSR count). The minimum atomic E-state index is 0.171. The molecule has 1 amide bonds. The third kappa shape index (κ3) is 5.68. The number of piperazine rings is 1. The summed E-state index contributed by atoms with van der Waals surface area (Å²) in [6.45, 7) is 9.82. The fraction of sp³-hybridized carbons (Fsp3) is 0.727. The van der Waals surface area contributed by atoms with Gasteiger partial charge in [0.15, 0.2) is 0 Å². The molecule has 0 bridgehead atoms. The van der Waals surface area contributed by atoms with E-state index in [1.54, 1.807) is 0 Å². The second-order valence-electron chi connectivity index (χ2n) is 8.18. The van der Waals surface area contributed by atoms with E-state index >= 15 is 0 Å². The van der Waals surface area contributed by atoms with Crippen molar-refractivity contribution in [2.75, 3.05) is 42.9 Å². The van der Waals surface area contributed by atoms with Gasteiger partial charge in [0, 0.05) is 32.1 Å². The number of hydrogen-bond acceptors (Lipinski definition) is 4. The average molecular weight is 373 g/mol. The molecular weight excluding hydrogens is 336 g/mol. The van der Waals surface area contributed by atoms with Crippen LogP contribution in [-0.2, 0) is 4.79 Å². The molecule has 0 spiro atoms. The van der Waals surface area contributed by atoms with Crippen LogP contribution in [0.1, 0.15) is 58.8 Å². The molecule has 0 unspecified atom stereocenters. The molecule has 1 saturated carbocycles. The first-order valence-corrected chi connectivity index (χ1v) is 10.9. The predicted molar refractivity (Wildman–Crippen MR) is 112 cm³/mol. The molecule has 1 aliphatic heterocycles. The van der Waals surface area contributed by atoms with Crippen LogP contribution in [0.2, 0.25) is 0 Å². The first-order chi connectivity index (χ1) is 13.2. The van der Waals surface area contributed by atoms with E-state index in [0.29, 0.717) is 0 Å². The first kappa shape index (κ1) is 20.1. The summed E-state index contributed by atoms with van der Waals surface area (Å²) in [5.41, 5.74) is 0.823. The fourth-order valence-electron chi connectivity index (χ4n) is 4.39. The second-order valence-corrected chi connectivity index (χ2v) is 8.18. The van der Waals surface area contributed by atoms with Crippen molar-refractivity contribution < 1.29 is 4.79 Å². The number of amides is 1. The van der Waals surface area contributed by atoms with Gasteiger partial charge in [0.05, 0.1) is 11.9 Å². The van der Waals surface area contributed by atoms with Gasteiger partial charge in [0.25, 0.3) is 0 Å². The van der Waals surface area contributed by atoms with Crippen molar-refractivity contribution in [3.8, 4) is 0 Å². The van der Waals surface area contributed by atoms with Gasteiger partial charge < -0.3 is 15.1 Å². The summed E-state index contributed by atoms with van der Waals surface area (Å²) >= 11 is 0. The third-order valence-corrected chi connectivity index (χ3v) is 6.34. The number of rotatable bonds is 7. The number of pyridine rings is 1. The van der Waals surface area contributed by atoms with Crippen molar-refractivity contribution in [1.29, 1.82) is 0 Å². The van der Waals surface area contributed by atoms with Crippen LogP contribution in [0.4, 0.5) is 11.5 Å². The zero-order valence-electron chi connectivity index (χ0n) is 17.1. The highest BCUT2D eigenvalue weighted by atomic mass is 16.1. The summed E-state index contributed by atoms with van der Waals surface area (Å²) in [6, 6.07) is 4.04. The van der Waals surface area contributed by atoms with E-state index in [2.05, 4.69) is 33.9 Å². The topological polar surface area (TPSA) is 48.5 Å². The van der Waals surface area contributed by atoms with E-state index in [9.17, 15) is 4.79 Å². The smallest absolute Gasteiger partial charge is 0.227 e. The Hall–Kier alpha value is -1.62. The lowest BCUT2D eigenvalue weighted by molar-refractivity contribution is -0.121. The van der Waals surface area contributed by atoms with Crippen LogP contribution in [0.3, 0.4) is 0 Å².